The molecule has 0 spiro atoms. The summed E-state index contributed by atoms with van der Waals surface area (Å²) in [6.45, 7) is 0.453. The molecule has 0 saturated heterocycles. The number of rotatable bonds is 4. The van der Waals surface area contributed by atoms with Gasteiger partial charge in [-0.05, 0) is 30.7 Å². The molecular weight excluding hydrogens is 181 g/mol. The summed E-state index contributed by atoms with van der Waals surface area (Å²) < 4.78 is 12.5. The highest BCUT2D eigenvalue weighted by molar-refractivity contribution is 5.49. The van der Waals surface area contributed by atoms with Gasteiger partial charge < -0.3 is 10.8 Å². The van der Waals surface area contributed by atoms with Gasteiger partial charge in [0, 0.05) is 0 Å². The van der Waals surface area contributed by atoms with Crippen LogP contribution in [0.1, 0.15) is 12.0 Å². The summed E-state index contributed by atoms with van der Waals surface area (Å²) in [5.74, 6) is -0.260. The third kappa shape index (κ3) is 3.68. The van der Waals surface area contributed by atoms with Crippen LogP contribution in [0.5, 0.6) is 0 Å². The summed E-state index contributed by atoms with van der Waals surface area (Å²) >= 11 is 0. The smallest absolute Gasteiger partial charge is 0.123 e. The maximum absolute atomic E-state index is 12.5. The van der Waals surface area contributed by atoms with Gasteiger partial charge in [-0.2, -0.15) is 0 Å². The van der Waals surface area contributed by atoms with Gasteiger partial charge in [0.1, 0.15) is 5.82 Å². The summed E-state index contributed by atoms with van der Waals surface area (Å²) in [4.78, 5) is 0. The quantitative estimate of drug-likeness (QED) is 0.765. The van der Waals surface area contributed by atoms with Crippen molar-refractivity contribution in [3.05, 3.63) is 41.7 Å². The van der Waals surface area contributed by atoms with Gasteiger partial charge >= 0.3 is 0 Å². The van der Waals surface area contributed by atoms with E-state index in [2.05, 4.69) is 0 Å². The zero-order chi connectivity index (χ0) is 10.4. The molecule has 3 N–H and O–H groups in total. The molecule has 0 saturated carbocycles. The predicted octanol–water partition coefficient (Wildman–Crippen LogP) is 1.55. The highest BCUT2D eigenvalue weighted by Crippen LogP contribution is 2.05. The van der Waals surface area contributed by atoms with Gasteiger partial charge in [0.05, 0.1) is 6.10 Å². The van der Waals surface area contributed by atoms with Gasteiger partial charge in [-0.3, -0.25) is 0 Å². The van der Waals surface area contributed by atoms with E-state index >= 15 is 0 Å². The molecule has 0 radical (unpaired) electrons. The molecule has 1 atom stereocenters. The van der Waals surface area contributed by atoms with Gasteiger partial charge in [-0.1, -0.05) is 24.3 Å². The molecule has 76 valence electrons. The molecular formula is C11H14FNO. The van der Waals surface area contributed by atoms with Crippen LogP contribution in [0.25, 0.3) is 6.08 Å². The third-order valence-corrected chi connectivity index (χ3v) is 1.84. The molecule has 0 bridgehead atoms. The second kappa shape index (κ2) is 5.52. The first-order chi connectivity index (χ1) is 6.72. The molecule has 14 heavy (non-hydrogen) atoms. The van der Waals surface area contributed by atoms with Crippen LogP contribution in [0.3, 0.4) is 0 Å². The minimum Gasteiger partial charge on any atom is -0.389 e. The first kappa shape index (κ1) is 10.9. The normalized spacial score (nSPS) is 13.4. The Labute approximate surface area is 82.9 Å². The average molecular weight is 195 g/mol. The summed E-state index contributed by atoms with van der Waals surface area (Å²) in [5, 5.41) is 9.32. The molecule has 2 nitrogen and oxygen atoms in total. The molecule has 3 heteroatoms. The predicted molar refractivity (Wildman–Crippen MR) is 55.1 cm³/mol. The highest BCUT2D eigenvalue weighted by atomic mass is 19.1. The van der Waals surface area contributed by atoms with Crippen molar-refractivity contribution < 1.29 is 9.50 Å². The average Bonchev–Trinajstić information content (AvgIpc) is 2.17. The summed E-state index contributed by atoms with van der Waals surface area (Å²) in [7, 11) is 0. The van der Waals surface area contributed by atoms with Crippen molar-refractivity contribution in [2.24, 2.45) is 5.73 Å². The fourth-order valence-electron chi connectivity index (χ4n) is 1.06. The van der Waals surface area contributed by atoms with Crippen molar-refractivity contribution in [2.75, 3.05) is 6.54 Å². The van der Waals surface area contributed by atoms with Gasteiger partial charge in [-0.25, -0.2) is 4.39 Å². The van der Waals surface area contributed by atoms with Crippen molar-refractivity contribution in [1.82, 2.24) is 0 Å². The fourth-order valence-corrected chi connectivity index (χ4v) is 1.06. The lowest BCUT2D eigenvalue weighted by Crippen LogP contribution is -2.10. The standard InChI is InChI=1S/C11H14FNO/c12-10-4-1-9(2-5-10)3-6-11(14)7-8-13/h1-6,11,14H,7-8,13H2/b6-3+. The van der Waals surface area contributed by atoms with Crippen molar-refractivity contribution in [3.8, 4) is 0 Å². The largest absolute Gasteiger partial charge is 0.389 e. The number of hydrogen-bond donors (Lipinski definition) is 2. The van der Waals surface area contributed by atoms with Crippen LogP contribution in [0.2, 0.25) is 0 Å². The number of benzene rings is 1. The number of halogens is 1. The number of aliphatic hydroxyl groups excluding tert-OH is 1. The lowest BCUT2D eigenvalue weighted by Gasteiger charge is -2.01. The highest BCUT2D eigenvalue weighted by Gasteiger charge is 1.95. The molecule has 0 heterocycles. The lowest BCUT2D eigenvalue weighted by molar-refractivity contribution is 0.216. The van der Waals surface area contributed by atoms with Crippen LogP contribution < -0.4 is 5.73 Å². The second-order valence-electron chi connectivity index (χ2n) is 3.06. The maximum atomic E-state index is 12.5. The molecule has 1 unspecified atom stereocenters. The molecule has 1 aromatic rings. The zero-order valence-electron chi connectivity index (χ0n) is 7.86. The molecule has 1 aromatic carbocycles. The number of hydrogen-bond acceptors (Lipinski definition) is 2. The Hall–Kier alpha value is -1.19. The maximum Gasteiger partial charge on any atom is 0.123 e. The van der Waals surface area contributed by atoms with E-state index in [-0.39, 0.29) is 5.82 Å². The first-order valence-electron chi connectivity index (χ1n) is 4.54. The van der Waals surface area contributed by atoms with E-state index in [1.54, 1.807) is 24.3 Å². The molecule has 0 fully saturated rings. The van der Waals surface area contributed by atoms with E-state index in [1.807, 2.05) is 0 Å². The Morgan fingerprint density at radius 1 is 1.36 bits per heavy atom. The Balaban J connectivity index is 2.55. The third-order valence-electron chi connectivity index (χ3n) is 1.84. The van der Waals surface area contributed by atoms with Gasteiger partial charge in [0.2, 0.25) is 0 Å². The van der Waals surface area contributed by atoms with Gasteiger partial charge in [0.15, 0.2) is 0 Å². The summed E-state index contributed by atoms with van der Waals surface area (Å²) in [6.07, 6.45) is 3.42. The summed E-state index contributed by atoms with van der Waals surface area (Å²) in [5.41, 5.74) is 6.14. The molecule has 0 aliphatic heterocycles. The minimum atomic E-state index is -0.523. The van der Waals surface area contributed by atoms with Gasteiger partial charge in [0.25, 0.3) is 0 Å². The van der Waals surface area contributed by atoms with E-state index in [9.17, 15) is 9.50 Å². The first-order valence-corrected chi connectivity index (χ1v) is 4.54. The van der Waals surface area contributed by atoms with E-state index < -0.39 is 6.10 Å². The Kier molecular flexibility index (Phi) is 4.29. The molecule has 0 aromatic heterocycles. The minimum absolute atomic E-state index is 0.260. The van der Waals surface area contributed by atoms with E-state index in [0.29, 0.717) is 13.0 Å². The van der Waals surface area contributed by atoms with Crippen LogP contribution in [0.15, 0.2) is 30.3 Å². The Morgan fingerprint density at radius 2 is 2.00 bits per heavy atom. The van der Waals surface area contributed by atoms with Crippen LogP contribution in [-0.2, 0) is 0 Å². The monoisotopic (exact) mass is 195 g/mol. The van der Waals surface area contributed by atoms with Crippen molar-refractivity contribution in [1.29, 1.82) is 0 Å². The molecule has 1 rings (SSSR count). The van der Waals surface area contributed by atoms with E-state index in [0.717, 1.165) is 5.56 Å². The van der Waals surface area contributed by atoms with Crippen molar-refractivity contribution in [2.45, 2.75) is 12.5 Å². The topological polar surface area (TPSA) is 46.2 Å². The lowest BCUT2D eigenvalue weighted by atomic mass is 10.1. The van der Waals surface area contributed by atoms with Crippen LogP contribution >= 0.6 is 0 Å². The van der Waals surface area contributed by atoms with Crippen LogP contribution in [0.4, 0.5) is 4.39 Å². The van der Waals surface area contributed by atoms with Crippen molar-refractivity contribution in [3.63, 3.8) is 0 Å². The Bertz CT molecular complexity index is 295. The molecule has 0 aliphatic rings. The second-order valence-corrected chi connectivity index (χ2v) is 3.06. The molecule has 0 aliphatic carbocycles. The van der Waals surface area contributed by atoms with Gasteiger partial charge in [-0.15, -0.1) is 0 Å². The Morgan fingerprint density at radius 3 is 2.57 bits per heavy atom. The zero-order valence-corrected chi connectivity index (χ0v) is 7.86. The number of aliphatic hydroxyl groups is 1. The van der Waals surface area contributed by atoms with Crippen LogP contribution in [-0.4, -0.2) is 17.8 Å². The fraction of sp³-hybridized carbons (Fsp3) is 0.273. The SMILES string of the molecule is NCCC(O)/C=C/c1ccc(F)cc1. The van der Waals surface area contributed by atoms with Crippen LogP contribution in [0, 0.1) is 5.82 Å². The van der Waals surface area contributed by atoms with Crippen molar-refractivity contribution >= 4 is 6.08 Å². The number of nitrogens with two attached hydrogens (primary N) is 1. The van der Waals surface area contributed by atoms with E-state index in [1.165, 1.54) is 12.1 Å². The summed E-state index contributed by atoms with van der Waals surface area (Å²) in [6, 6.07) is 6.08. The molecule has 0 amide bonds. The van der Waals surface area contributed by atoms with E-state index in [4.69, 9.17) is 5.73 Å².